The van der Waals surface area contributed by atoms with Crippen LogP contribution < -0.4 is 15.0 Å². The van der Waals surface area contributed by atoms with Crippen LogP contribution in [0.3, 0.4) is 0 Å². The maximum absolute atomic E-state index is 12.6. The molecule has 0 radical (unpaired) electrons. The van der Waals surface area contributed by atoms with Crippen molar-refractivity contribution in [2.75, 3.05) is 25.1 Å². The molecule has 4 rings (SSSR count). The number of anilines is 1. The van der Waals surface area contributed by atoms with Gasteiger partial charge in [0.1, 0.15) is 5.75 Å². The van der Waals surface area contributed by atoms with Crippen molar-refractivity contribution in [2.45, 2.75) is 18.9 Å². The Morgan fingerprint density at radius 2 is 1.82 bits per heavy atom. The molecule has 1 aromatic heterocycles. The fourth-order valence-electron chi connectivity index (χ4n) is 3.54. The van der Waals surface area contributed by atoms with Gasteiger partial charge < -0.3 is 19.5 Å². The summed E-state index contributed by atoms with van der Waals surface area (Å²) in [4.78, 5) is 14.9. The smallest absolute Gasteiger partial charge is 0.273 e. The van der Waals surface area contributed by atoms with E-state index in [1.54, 1.807) is 13.2 Å². The quantitative estimate of drug-likeness (QED) is 0.733. The molecule has 0 unspecified atom stereocenters. The first-order chi connectivity index (χ1) is 13.7. The van der Waals surface area contributed by atoms with Crippen molar-refractivity contribution in [3.05, 3.63) is 66.4 Å². The SMILES string of the molecule is COc1ccccc1-c1cc(C(=O)NC2CCN(c3ccccc3)CC2)no1. The Bertz CT molecular complexity index is 931. The molecule has 1 saturated heterocycles. The van der Waals surface area contributed by atoms with Crippen molar-refractivity contribution in [3.63, 3.8) is 0 Å². The van der Waals surface area contributed by atoms with E-state index >= 15 is 0 Å². The van der Waals surface area contributed by atoms with Gasteiger partial charge in [-0.15, -0.1) is 0 Å². The molecule has 28 heavy (non-hydrogen) atoms. The molecule has 1 amide bonds. The normalized spacial score (nSPS) is 14.7. The molecule has 0 aliphatic carbocycles. The van der Waals surface area contributed by atoms with E-state index in [1.165, 1.54) is 5.69 Å². The number of aromatic nitrogens is 1. The molecule has 1 aliphatic rings. The van der Waals surface area contributed by atoms with E-state index in [9.17, 15) is 4.79 Å². The third-order valence-corrected chi connectivity index (χ3v) is 5.07. The lowest BCUT2D eigenvalue weighted by Crippen LogP contribution is -2.44. The van der Waals surface area contributed by atoms with Crippen LogP contribution in [0, 0.1) is 0 Å². The highest BCUT2D eigenvalue weighted by Crippen LogP contribution is 2.30. The number of amides is 1. The predicted octanol–water partition coefficient (Wildman–Crippen LogP) is 3.75. The zero-order valence-electron chi connectivity index (χ0n) is 15.8. The number of piperidine rings is 1. The van der Waals surface area contributed by atoms with Crippen LogP contribution in [-0.2, 0) is 0 Å². The molecule has 3 aromatic rings. The van der Waals surface area contributed by atoms with E-state index in [0.717, 1.165) is 31.5 Å². The van der Waals surface area contributed by atoms with Gasteiger partial charge in [0.15, 0.2) is 11.5 Å². The van der Waals surface area contributed by atoms with Gasteiger partial charge in [0.2, 0.25) is 0 Å². The average molecular weight is 377 g/mol. The van der Waals surface area contributed by atoms with Crippen LogP contribution in [-0.4, -0.2) is 37.3 Å². The first kappa shape index (κ1) is 18.1. The van der Waals surface area contributed by atoms with Gasteiger partial charge in [0.05, 0.1) is 12.7 Å². The summed E-state index contributed by atoms with van der Waals surface area (Å²) in [6.07, 6.45) is 1.80. The van der Waals surface area contributed by atoms with E-state index in [-0.39, 0.29) is 17.6 Å². The number of carbonyl (C=O) groups excluding carboxylic acids is 1. The second-order valence-corrected chi connectivity index (χ2v) is 6.85. The van der Waals surface area contributed by atoms with Gasteiger partial charge in [-0.05, 0) is 37.1 Å². The molecule has 1 aliphatic heterocycles. The lowest BCUT2D eigenvalue weighted by Gasteiger charge is -2.33. The fraction of sp³-hybridized carbons (Fsp3) is 0.273. The molecule has 2 aromatic carbocycles. The molecule has 0 spiro atoms. The van der Waals surface area contributed by atoms with Gasteiger partial charge in [-0.1, -0.05) is 35.5 Å². The molecule has 0 atom stereocenters. The average Bonchev–Trinajstić information content (AvgIpc) is 3.25. The predicted molar refractivity (Wildman–Crippen MR) is 108 cm³/mol. The molecule has 0 saturated carbocycles. The third kappa shape index (κ3) is 3.86. The zero-order chi connectivity index (χ0) is 19.3. The van der Waals surface area contributed by atoms with Crippen LogP contribution in [0.4, 0.5) is 5.69 Å². The molecule has 0 bridgehead atoms. The standard InChI is InChI=1S/C22H23N3O3/c1-27-20-10-6-5-9-18(20)21-15-19(24-28-21)22(26)23-16-11-13-25(14-12-16)17-7-3-2-4-8-17/h2-10,15-16H,11-14H2,1H3,(H,23,26). The van der Waals surface area contributed by atoms with Crippen molar-refractivity contribution in [1.82, 2.24) is 10.5 Å². The number of benzene rings is 2. The topological polar surface area (TPSA) is 67.6 Å². The number of methoxy groups -OCH3 is 1. The first-order valence-corrected chi connectivity index (χ1v) is 9.45. The minimum atomic E-state index is -0.206. The molecule has 144 valence electrons. The van der Waals surface area contributed by atoms with Crippen LogP contribution >= 0.6 is 0 Å². The van der Waals surface area contributed by atoms with Gasteiger partial charge in [-0.2, -0.15) is 0 Å². The lowest BCUT2D eigenvalue weighted by molar-refractivity contribution is 0.0922. The maximum Gasteiger partial charge on any atom is 0.273 e. The van der Waals surface area contributed by atoms with Crippen LogP contribution in [0.1, 0.15) is 23.3 Å². The van der Waals surface area contributed by atoms with Crippen LogP contribution in [0.2, 0.25) is 0 Å². The third-order valence-electron chi connectivity index (χ3n) is 5.07. The lowest BCUT2D eigenvalue weighted by atomic mass is 10.0. The summed E-state index contributed by atoms with van der Waals surface area (Å²) >= 11 is 0. The highest BCUT2D eigenvalue weighted by Gasteiger charge is 2.23. The van der Waals surface area contributed by atoms with Crippen LogP contribution in [0.5, 0.6) is 5.75 Å². The largest absolute Gasteiger partial charge is 0.496 e. The van der Waals surface area contributed by atoms with E-state index < -0.39 is 0 Å². The summed E-state index contributed by atoms with van der Waals surface area (Å²) in [6.45, 7) is 1.83. The Labute approximate surface area is 164 Å². The Hall–Kier alpha value is -3.28. The number of hydrogen-bond acceptors (Lipinski definition) is 5. The van der Waals surface area contributed by atoms with Crippen molar-refractivity contribution < 1.29 is 14.1 Å². The fourth-order valence-corrected chi connectivity index (χ4v) is 3.54. The monoisotopic (exact) mass is 377 g/mol. The van der Waals surface area contributed by atoms with Crippen molar-refractivity contribution in [2.24, 2.45) is 0 Å². The summed E-state index contributed by atoms with van der Waals surface area (Å²) in [6, 6.07) is 19.6. The van der Waals surface area contributed by atoms with Crippen molar-refractivity contribution in [1.29, 1.82) is 0 Å². The van der Waals surface area contributed by atoms with E-state index in [1.807, 2.05) is 42.5 Å². The van der Waals surface area contributed by atoms with Gasteiger partial charge in [-0.3, -0.25) is 4.79 Å². The van der Waals surface area contributed by atoms with Gasteiger partial charge in [0, 0.05) is 30.9 Å². The number of nitrogens with one attached hydrogen (secondary N) is 1. The number of para-hydroxylation sites is 2. The summed E-state index contributed by atoms with van der Waals surface area (Å²) in [5, 5.41) is 7.02. The number of carbonyl (C=O) groups is 1. The van der Waals surface area contributed by atoms with Crippen molar-refractivity contribution in [3.8, 4) is 17.1 Å². The number of nitrogens with zero attached hydrogens (tertiary/aromatic N) is 2. The minimum Gasteiger partial charge on any atom is -0.496 e. The Morgan fingerprint density at radius 3 is 2.57 bits per heavy atom. The van der Waals surface area contributed by atoms with Gasteiger partial charge >= 0.3 is 0 Å². The Balaban J connectivity index is 1.37. The molecule has 6 nitrogen and oxygen atoms in total. The molecule has 1 N–H and O–H groups in total. The second-order valence-electron chi connectivity index (χ2n) is 6.85. The summed E-state index contributed by atoms with van der Waals surface area (Å²) in [5.41, 5.74) is 2.28. The van der Waals surface area contributed by atoms with E-state index in [0.29, 0.717) is 11.5 Å². The number of rotatable bonds is 5. The first-order valence-electron chi connectivity index (χ1n) is 9.45. The highest BCUT2D eigenvalue weighted by atomic mass is 16.5. The highest BCUT2D eigenvalue weighted by molar-refractivity contribution is 5.93. The molecule has 1 fully saturated rings. The molecular weight excluding hydrogens is 354 g/mol. The van der Waals surface area contributed by atoms with Crippen molar-refractivity contribution >= 4 is 11.6 Å². The summed E-state index contributed by atoms with van der Waals surface area (Å²) in [7, 11) is 1.60. The van der Waals surface area contributed by atoms with E-state index in [4.69, 9.17) is 9.26 Å². The minimum absolute atomic E-state index is 0.138. The van der Waals surface area contributed by atoms with E-state index in [2.05, 4.69) is 27.5 Å². The number of hydrogen-bond donors (Lipinski definition) is 1. The second kappa shape index (κ2) is 8.17. The summed E-state index contributed by atoms with van der Waals surface area (Å²) in [5.74, 6) is 0.989. The Morgan fingerprint density at radius 1 is 1.11 bits per heavy atom. The maximum atomic E-state index is 12.6. The number of ether oxygens (including phenoxy) is 1. The molecule has 6 heteroatoms. The molecular formula is C22H23N3O3. The van der Waals surface area contributed by atoms with Gasteiger partial charge in [-0.25, -0.2) is 0 Å². The van der Waals surface area contributed by atoms with Crippen LogP contribution in [0.25, 0.3) is 11.3 Å². The van der Waals surface area contributed by atoms with Gasteiger partial charge in [0.25, 0.3) is 5.91 Å². The zero-order valence-corrected chi connectivity index (χ0v) is 15.8. The summed E-state index contributed by atoms with van der Waals surface area (Å²) < 4.78 is 10.7. The van der Waals surface area contributed by atoms with Crippen LogP contribution in [0.15, 0.2) is 65.2 Å². The molecule has 2 heterocycles. The Kier molecular flexibility index (Phi) is 5.28.